The summed E-state index contributed by atoms with van der Waals surface area (Å²) in [5.74, 6) is 0.0487. The van der Waals surface area contributed by atoms with Crippen molar-refractivity contribution in [1.82, 2.24) is 9.55 Å². The second kappa shape index (κ2) is 6.43. The van der Waals surface area contributed by atoms with Gasteiger partial charge in [-0.15, -0.1) is 0 Å². The summed E-state index contributed by atoms with van der Waals surface area (Å²) in [5, 5.41) is 17.5. The first-order valence-electron chi connectivity index (χ1n) is 5.35. The van der Waals surface area contributed by atoms with Gasteiger partial charge in [0.15, 0.2) is 5.82 Å². The molecule has 0 saturated heterocycles. The number of rotatable bonds is 6. The van der Waals surface area contributed by atoms with Crippen LogP contribution in [0.2, 0.25) is 0 Å². The van der Waals surface area contributed by atoms with Crippen LogP contribution in [0.3, 0.4) is 0 Å². The maximum Gasteiger partial charge on any atom is 0.351 e. The number of aryl methyl sites for hydroxylation is 1. The fourth-order valence-corrected chi connectivity index (χ4v) is 1.41. The number of alkyl halides is 1. The van der Waals surface area contributed by atoms with Gasteiger partial charge in [0.25, 0.3) is 0 Å². The molecule has 0 bridgehead atoms. The molecule has 2 unspecified atom stereocenters. The number of halogens is 1. The van der Waals surface area contributed by atoms with Gasteiger partial charge in [-0.25, -0.2) is 9.18 Å². The maximum absolute atomic E-state index is 12.4. The lowest BCUT2D eigenvalue weighted by Gasteiger charge is -2.20. The van der Waals surface area contributed by atoms with Gasteiger partial charge in [0.2, 0.25) is 0 Å². The topological polar surface area (TPSA) is 96.6 Å². The molecule has 0 fully saturated rings. The summed E-state index contributed by atoms with van der Waals surface area (Å²) in [7, 11) is 0. The second-order valence-corrected chi connectivity index (χ2v) is 3.77. The third kappa shape index (κ3) is 3.25. The van der Waals surface area contributed by atoms with Gasteiger partial charge in [0, 0.05) is 11.8 Å². The van der Waals surface area contributed by atoms with Crippen LogP contribution in [0.25, 0.3) is 0 Å². The molecule has 7 nitrogen and oxygen atoms in total. The summed E-state index contributed by atoms with van der Waals surface area (Å²) < 4.78 is 18.7. The average Bonchev–Trinajstić information content (AvgIpc) is 2.37. The molecule has 0 aliphatic carbocycles. The molecule has 8 heteroatoms. The van der Waals surface area contributed by atoms with Gasteiger partial charge in [-0.3, -0.25) is 15.3 Å². The second-order valence-electron chi connectivity index (χ2n) is 3.77. The molecule has 2 atom stereocenters. The van der Waals surface area contributed by atoms with Crippen molar-refractivity contribution in [2.45, 2.75) is 26.2 Å². The Kier molecular flexibility index (Phi) is 5.20. The molecule has 18 heavy (non-hydrogen) atoms. The summed E-state index contributed by atoms with van der Waals surface area (Å²) in [4.78, 5) is 15.2. The largest absolute Gasteiger partial charge is 0.394 e. The van der Waals surface area contributed by atoms with Gasteiger partial charge >= 0.3 is 5.69 Å². The Bertz CT molecular complexity index is 447. The molecular formula is C10H16FN3O4. The minimum atomic E-state index is -0.983. The number of aliphatic hydroxyl groups excluding tert-OH is 1. The van der Waals surface area contributed by atoms with Crippen LogP contribution in [0.15, 0.2) is 11.0 Å². The molecular weight excluding hydrogens is 245 g/mol. The Morgan fingerprint density at radius 1 is 1.67 bits per heavy atom. The monoisotopic (exact) mass is 261 g/mol. The molecule has 0 radical (unpaired) electrons. The summed E-state index contributed by atoms with van der Waals surface area (Å²) >= 11 is 0. The number of anilines is 1. The summed E-state index contributed by atoms with van der Waals surface area (Å²) in [6.45, 7) is 1.84. The van der Waals surface area contributed by atoms with E-state index in [2.05, 4.69) is 4.98 Å². The zero-order valence-corrected chi connectivity index (χ0v) is 10.1. The Labute approximate surface area is 103 Å². The van der Waals surface area contributed by atoms with Crippen molar-refractivity contribution in [3.63, 3.8) is 0 Å². The number of aromatic nitrogens is 2. The lowest BCUT2D eigenvalue weighted by Crippen LogP contribution is -2.32. The van der Waals surface area contributed by atoms with E-state index in [9.17, 15) is 9.18 Å². The normalized spacial score (nSPS) is 14.3. The number of aliphatic hydroxyl groups is 1. The minimum Gasteiger partial charge on any atom is -0.394 e. The molecule has 1 aromatic heterocycles. The Morgan fingerprint density at radius 2 is 2.33 bits per heavy atom. The van der Waals surface area contributed by atoms with Crippen LogP contribution in [0, 0.1) is 6.92 Å². The minimum absolute atomic E-state index is 0.0487. The smallest absolute Gasteiger partial charge is 0.351 e. The van der Waals surface area contributed by atoms with Crippen LogP contribution in [-0.2, 0) is 4.74 Å². The Hall–Kier alpha value is -1.51. The van der Waals surface area contributed by atoms with Gasteiger partial charge in [0.05, 0.1) is 6.61 Å². The van der Waals surface area contributed by atoms with Crippen molar-refractivity contribution in [2.75, 3.05) is 18.8 Å². The van der Waals surface area contributed by atoms with Crippen molar-refractivity contribution in [3.05, 3.63) is 22.2 Å². The first-order chi connectivity index (χ1) is 8.53. The third-order valence-corrected chi connectivity index (χ3v) is 2.40. The van der Waals surface area contributed by atoms with Gasteiger partial charge in [-0.2, -0.15) is 4.98 Å². The van der Waals surface area contributed by atoms with Crippen molar-refractivity contribution >= 4 is 5.82 Å². The zero-order valence-electron chi connectivity index (χ0n) is 10.1. The maximum atomic E-state index is 12.4. The average molecular weight is 261 g/mol. The number of ether oxygens (including phenoxy) is 1. The third-order valence-electron chi connectivity index (χ3n) is 2.40. The standard InChI is InChI=1S/C10H16FN3O4/c1-6-4-14(10(16)12-9(6)13-17)7(2)18-8(3-11)5-15/h4,7-8,15,17H,3,5H2,1-2H3,(H,12,13,16). The molecule has 1 heterocycles. The number of nitrogens with one attached hydrogen (secondary N) is 1. The molecule has 0 aliphatic heterocycles. The number of hydrogen-bond acceptors (Lipinski definition) is 6. The van der Waals surface area contributed by atoms with Crippen LogP contribution in [0.4, 0.5) is 10.2 Å². The Morgan fingerprint density at radius 3 is 2.83 bits per heavy atom. The van der Waals surface area contributed by atoms with E-state index in [0.29, 0.717) is 5.56 Å². The molecule has 0 aromatic carbocycles. The number of nitrogens with zero attached hydrogens (tertiary/aromatic N) is 2. The summed E-state index contributed by atoms with van der Waals surface area (Å²) in [6.07, 6.45) is -0.335. The molecule has 3 N–H and O–H groups in total. The molecule has 0 aliphatic rings. The van der Waals surface area contributed by atoms with E-state index in [4.69, 9.17) is 15.1 Å². The van der Waals surface area contributed by atoms with E-state index in [1.807, 2.05) is 0 Å². The zero-order chi connectivity index (χ0) is 13.7. The van der Waals surface area contributed by atoms with E-state index in [1.165, 1.54) is 13.1 Å². The molecule has 1 aromatic rings. The predicted molar refractivity (Wildman–Crippen MR) is 61.3 cm³/mol. The van der Waals surface area contributed by atoms with E-state index in [1.54, 1.807) is 12.4 Å². The van der Waals surface area contributed by atoms with Crippen molar-refractivity contribution in [2.24, 2.45) is 0 Å². The molecule has 1 rings (SSSR count). The van der Waals surface area contributed by atoms with Crippen molar-refractivity contribution < 1.29 is 19.4 Å². The highest BCUT2D eigenvalue weighted by Gasteiger charge is 2.16. The summed E-state index contributed by atoms with van der Waals surface area (Å²) in [6, 6.07) is 0. The quantitative estimate of drug-likeness (QED) is 0.634. The first kappa shape index (κ1) is 14.6. The van der Waals surface area contributed by atoms with Crippen LogP contribution >= 0.6 is 0 Å². The van der Waals surface area contributed by atoms with E-state index >= 15 is 0 Å². The molecule has 0 amide bonds. The highest BCUT2D eigenvalue weighted by Crippen LogP contribution is 2.12. The van der Waals surface area contributed by atoms with Crippen molar-refractivity contribution in [1.29, 1.82) is 0 Å². The molecule has 0 spiro atoms. The van der Waals surface area contributed by atoms with Crippen LogP contribution in [-0.4, -0.2) is 39.3 Å². The highest BCUT2D eigenvalue weighted by molar-refractivity contribution is 5.38. The molecule has 102 valence electrons. The van der Waals surface area contributed by atoms with Crippen LogP contribution in [0.5, 0.6) is 0 Å². The highest BCUT2D eigenvalue weighted by atomic mass is 19.1. The van der Waals surface area contributed by atoms with E-state index < -0.39 is 31.3 Å². The van der Waals surface area contributed by atoms with E-state index in [0.717, 1.165) is 4.57 Å². The van der Waals surface area contributed by atoms with Crippen molar-refractivity contribution in [3.8, 4) is 0 Å². The fraction of sp³-hybridized carbons (Fsp3) is 0.600. The fourth-order valence-electron chi connectivity index (χ4n) is 1.41. The van der Waals surface area contributed by atoms with Gasteiger partial charge in [-0.1, -0.05) is 0 Å². The van der Waals surface area contributed by atoms with Crippen LogP contribution in [0.1, 0.15) is 18.7 Å². The summed E-state index contributed by atoms with van der Waals surface area (Å²) in [5.41, 5.74) is 1.67. The van der Waals surface area contributed by atoms with Gasteiger partial charge in [0.1, 0.15) is 19.0 Å². The lowest BCUT2D eigenvalue weighted by atomic mass is 10.3. The lowest BCUT2D eigenvalue weighted by molar-refractivity contribution is -0.0755. The van der Waals surface area contributed by atoms with Gasteiger partial charge < -0.3 is 9.84 Å². The Balaban J connectivity index is 2.96. The van der Waals surface area contributed by atoms with E-state index in [-0.39, 0.29) is 5.82 Å². The first-order valence-corrected chi connectivity index (χ1v) is 5.35. The van der Waals surface area contributed by atoms with Crippen LogP contribution < -0.4 is 11.2 Å². The number of hydrogen-bond donors (Lipinski definition) is 3. The van der Waals surface area contributed by atoms with Gasteiger partial charge in [-0.05, 0) is 13.8 Å². The predicted octanol–water partition coefficient (Wildman–Crippen LogP) is 0.218. The SMILES string of the molecule is Cc1cn(C(C)OC(CO)CF)c(=O)nc1NO. The molecule has 0 saturated carbocycles.